The summed E-state index contributed by atoms with van der Waals surface area (Å²) in [4.78, 5) is 17.1. The van der Waals surface area contributed by atoms with E-state index >= 15 is 0 Å². The number of nitrogens with one attached hydrogen (secondary N) is 1. The van der Waals surface area contributed by atoms with Crippen molar-refractivity contribution < 1.29 is 18.7 Å². The van der Waals surface area contributed by atoms with E-state index in [0.29, 0.717) is 18.0 Å². The van der Waals surface area contributed by atoms with E-state index in [4.69, 9.17) is 9.47 Å². The molecule has 4 rings (SSSR count). The van der Waals surface area contributed by atoms with Gasteiger partial charge in [-0.15, -0.1) is 0 Å². The molecule has 2 fully saturated rings. The quantitative estimate of drug-likeness (QED) is 0.624. The summed E-state index contributed by atoms with van der Waals surface area (Å²) in [6.45, 7) is 6.71. The van der Waals surface area contributed by atoms with E-state index in [0.717, 1.165) is 49.2 Å². The molecule has 2 aliphatic heterocycles. The molecule has 2 saturated heterocycles. The Bertz CT molecular complexity index is 921. The highest BCUT2D eigenvalue weighted by Crippen LogP contribution is 2.32. The molecule has 1 amide bonds. The fraction of sp³-hybridized carbons (Fsp3) is 0.458. The van der Waals surface area contributed by atoms with E-state index in [9.17, 15) is 9.18 Å². The molecular formula is C24H29BrFN3O3. The minimum Gasteiger partial charge on any atom is -0.485 e. The van der Waals surface area contributed by atoms with Crippen molar-refractivity contribution in [3.63, 3.8) is 0 Å². The van der Waals surface area contributed by atoms with Crippen LogP contribution in [0.5, 0.6) is 11.5 Å². The third kappa shape index (κ3) is 5.99. The summed E-state index contributed by atoms with van der Waals surface area (Å²) in [5.74, 6) is 0.973. The number of amides is 1. The van der Waals surface area contributed by atoms with E-state index < -0.39 is 0 Å². The Kier molecular flexibility index (Phi) is 7.65. The van der Waals surface area contributed by atoms with Gasteiger partial charge < -0.3 is 19.7 Å². The highest BCUT2D eigenvalue weighted by atomic mass is 79.9. The largest absolute Gasteiger partial charge is 0.485 e. The number of nitrogens with zero attached hydrogens (tertiary/aromatic N) is 2. The van der Waals surface area contributed by atoms with E-state index in [1.807, 2.05) is 35.2 Å². The zero-order valence-electron chi connectivity index (χ0n) is 18.2. The van der Waals surface area contributed by atoms with Crippen molar-refractivity contribution in [2.45, 2.75) is 32.0 Å². The molecule has 2 atom stereocenters. The Morgan fingerprint density at radius 1 is 1.19 bits per heavy atom. The monoisotopic (exact) mass is 505 g/mol. The van der Waals surface area contributed by atoms with Gasteiger partial charge in [0, 0.05) is 43.2 Å². The van der Waals surface area contributed by atoms with E-state index in [1.54, 1.807) is 0 Å². The van der Waals surface area contributed by atoms with Crippen LogP contribution in [0, 0.1) is 5.82 Å². The first-order valence-electron chi connectivity index (χ1n) is 11.0. The molecule has 0 saturated carbocycles. The molecule has 1 N–H and O–H groups in total. The molecule has 0 unspecified atom stereocenters. The minimum atomic E-state index is -0.225. The Labute approximate surface area is 196 Å². The second-order valence-electron chi connectivity index (χ2n) is 8.41. The first kappa shape index (κ1) is 23.0. The molecule has 0 spiro atoms. The summed E-state index contributed by atoms with van der Waals surface area (Å²) < 4.78 is 26.0. The zero-order valence-corrected chi connectivity index (χ0v) is 19.8. The molecule has 0 bridgehead atoms. The van der Waals surface area contributed by atoms with Crippen LogP contribution in [0.4, 0.5) is 4.39 Å². The molecule has 2 aromatic carbocycles. The van der Waals surface area contributed by atoms with E-state index in [1.165, 1.54) is 12.1 Å². The number of hydrogen-bond donors (Lipinski definition) is 1. The van der Waals surface area contributed by atoms with Crippen LogP contribution in [0.3, 0.4) is 0 Å². The first-order valence-corrected chi connectivity index (χ1v) is 11.8. The molecule has 2 aromatic rings. The molecular weight excluding hydrogens is 477 g/mol. The number of benzene rings is 2. The van der Waals surface area contributed by atoms with Gasteiger partial charge in [0.1, 0.15) is 11.9 Å². The summed E-state index contributed by atoms with van der Waals surface area (Å²) in [5, 5.41) is 3.29. The fourth-order valence-corrected chi connectivity index (χ4v) is 4.56. The van der Waals surface area contributed by atoms with Gasteiger partial charge >= 0.3 is 0 Å². The highest BCUT2D eigenvalue weighted by Gasteiger charge is 2.28. The maximum absolute atomic E-state index is 13.1. The minimum absolute atomic E-state index is 0.0246. The topological polar surface area (TPSA) is 54.0 Å². The number of carbonyl (C=O) groups is 1. The van der Waals surface area contributed by atoms with Crippen LogP contribution in [-0.2, 0) is 11.3 Å². The average molecular weight is 506 g/mol. The molecule has 2 heterocycles. The molecule has 0 radical (unpaired) electrons. The summed E-state index contributed by atoms with van der Waals surface area (Å²) in [7, 11) is 0. The fourth-order valence-electron chi connectivity index (χ4n) is 4.22. The van der Waals surface area contributed by atoms with Crippen LogP contribution < -0.4 is 14.8 Å². The van der Waals surface area contributed by atoms with Gasteiger partial charge in [-0.25, -0.2) is 4.39 Å². The molecule has 6 nitrogen and oxygen atoms in total. The lowest BCUT2D eigenvalue weighted by Crippen LogP contribution is -2.54. The smallest absolute Gasteiger partial charge is 0.260 e. The third-order valence-corrected chi connectivity index (χ3v) is 6.41. The maximum atomic E-state index is 13.1. The van der Waals surface area contributed by atoms with Crippen molar-refractivity contribution in [2.75, 3.05) is 39.3 Å². The molecule has 0 aromatic heterocycles. The standard InChI is InChI=1S/C24H29BrFN3O3/c1-17-14-28(15-18-2-5-20(26)6-3-18)10-11-29(17)24(30)16-31-22-7-4-19(25)12-23(22)32-21-8-9-27-13-21/h2-7,12,17,21,27H,8-11,13-16H2,1H3/t17-,21+/m1/s1. The van der Waals surface area contributed by atoms with Crippen LogP contribution in [0.25, 0.3) is 0 Å². The number of carbonyl (C=O) groups excluding carboxylic acids is 1. The average Bonchev–Trinajstić information content (AvgIpc) is 3.28. The van der Waals surface area contributed by atoms with E-state index in [2.05, 4.69) is 33.1 Å². The Morgan fingerprint density at radius 2 is 2.00 bits per heavy atom. The number of halogens is 2. The maximum Gasteiger partial charge on any atom is 0.260 e. The van der Waals surface area contributed by atoms with Gasteiger partial charge in [0.15, 0.2) is 18.1 Å². The number of ether oxygens (including phenoxy) is 2. The molecule has 8 heteroatoms. The van der Waals surface area contributed by atoms with Crippen molar-refractivity contribution in [2.24, 2.45) is 0 Å². The predicted octanol–water partition coefficient (Wildman–Crippen LogP) is 3.44. The summed E-state index contributed by atoms with van der Waals surface area (Å²) in [6, 6.07) is 12.3. The summed E-state index contributed by atoms with van der Waals surface area (Å²) in [5.41, 5.74) is 1.07. The van der Waals surface area contributed by atoms with Crippen LogP contribution in [0.1, 0.15) is 18.9 Å². The highest BCUT2D eigenvalue weighted by molar-refractivity contribution is 9.10. The lowest BCUT2D eigenvalue weighted by atomic mass is 10.1. The summed E-state index contributed by atoms with van der Waals surface area (Å²) in [6.07, 6.45) is 1.06. The predicted molar refractivity (Wildman–Crippen MR) is 124 cm³/mol. The van der Waals surface area contributed by atoms with Crippen LogP contribution in [0.2, 0.25) is 0 Å². The lowest BCUT2D eigenvalue weighted by Gasteiger charge is -2.39. The first-order chi connectivity index (χ1) is 15.5. The van der Waals surface area contributed by atoms with Gasteiger partial charge in [0.05, 0.1) is 0 Å². The zero-order chi connectivity index (χ0) is 22.5. The number of rotatable bonds is 7. The Balaban J connectivity index is 1.30. The van der Waals surface area contributed by atoms with Crippen molar-refractivity contribution in [1.82, 2.24) is 15.1 Å². The van der Waals surface area contributed by atoms with Gasteiger partial charge in [-0.3, -0.25) is 9.69 Å². The second kappa shape index (κ2) is 10.6. The van der Waals surface area contributed by atoms with Crippen molar-refractivity contribution in [3.05, 3.63) is 58.3 Å². The van der Waals surface area contributed by atoms with Crippen molar-refractivity contribution in [1.29, 1.82) is 0 Å². The molecule has 32 heavy (non-hydrogen) atoms. The Morgan fingerprint density at radius 3 is 2.72 bits per heavy atom. The summed E-state index contributed by atoms with van der Waals surface area (Å²) >= 11 is 3.48. The van der Waals surface area contributed by atoms with Crippen molar-refractivity contribution >= 4 is 21.8 Å². The molecule has 172 valence electrons. The van der Waals surface area contributed by atoms with Gasteiger partial charge in [-0.1, -0.05) is 28.1 Å². The Hall–Kier alpha value is -2.16. The van der Waals surface area contributed by atoms with Gasteiger partial charge in [0.2, 0.25) is 0 Å². The molecule has 2 aliphatic rings. The van der Waals surface area contributed by atoms with Gasteiger partial charge in [-0.05, 0) is 55.8 Å². The van der Waals surface area contributed by atoms with Crippen LogP contribution >= 0.6 is 15.9 Å². The van der Waals surface area contributed by atoms with E-state index in [-0.39, 0.29) is 30.5 Å². The van der Waals surface area contributed by atoms with Gasteiger partial charge in [0.25, 0.3) is 5.91 Å². The SMILES string of the molecule is C[C@@H]1CN(Cc2ccc(F)cc2)CCN1C(=O)COc1ccc(Br)cc1O[C@H]1CCNC1. The van der Waals surface area contributed by atoms with Crippen LogP contribution in [0.15, 0.2) is 46.9 Å². The third-order valence-electron chi connectivity index (χ3n) is 5.92. The van der Waals surface area contributed by atoms with Crippen LogP contribution in [-0.4, -0.2) is 67.2 Å². The molecule has 0 aliphatic carbocycles. The van der Waals surface area contributed by atoms with Gasteiger partial charge in [-0.2, -0.15) is 0 Å². The van der Waals surface area contributed by atoms with Crippen molar-refractivity contribution in [3.8, 4) is 11.5 Å². The normalized spacial score (nSPS) is 21.5. The number of piperazine rings is 1. The number of hydrogen-bond acceptors (Lipinski definition) is 5. The lowest BCUT2D eigenvalue weighted by molar-refractivity contribution is -0.138. The second-order valence-corrected chi connectivity index (χ2v) is 9.33.